The fourth-order valence-electron chi connectivity index (χ4n) is 2.67. The van der Waals surface area contributed by atoms with E-state index in [1.165, 1.54) is 25.9 Å². The Bertz CT molecular complexity index is 172. The van der Waals surface area contributed by atoms with E-state index in [4.69, 9.17) is 0 Å². The SMILES string of the molecule is CCN(C1CCNC(C)C1)C(C)(C)C. The average Bonchev–Trinajstić information content (AvgIpc) is 2.02. The molecule has 2 atom stereocenters. The number of piperidine rings is 1. The number of nitrogens with zero attached hydrogens (tertiary/aromatic N) is 1. The summed E-state index contributed by atoms with van der Waals surface area (Å²) in [6.45, 7) is 13.9. The van der Waals surface area contributed by atoms with Gasteiger partial charge in [0.15, 0.2) is 0 Å². The van der Waals surface area contributed by atoms with Crippen molar-refractivity contribution in [2.45, 2.75) is 65.1 Å². The van der Waals surface area contributed by atoms with Crippen LogP contribution in [0.1, 0.15) is 47.5 Å². The third-order valence-electron chi connectivity index (χ3n) is 3.24. The van der Waals surface area contributed by atoms with E-state index >= 15 is 0 Å². The zero-order valence-electron chi connectivity index (χ0n) is 10.4. The maximum atomic E-state index is 3.52. The standard InChI is InChI=1S/C12H26N2/c1-6-14(12(3,4)5)11-7-8-13-10(2)9-11/h10-11,13H,6-9H2,1-5H3. The van der Waals surface area contributed by atoms with Crippen molar-refractivity contribution in [1.82, 2.24) is 10.2 Å². The van der Waals surface area contributed by atoms with E-state index in [0.717, 1.165) is 6.04 Å². The Morgan fingerprint density at radius 1 is 1.36 bits per heavy atom. The third kappa shape index (κ3) is 2.96. The van der Waals surface area contributed by atoms with Gasteiger partial charge in [-0.25, -0.2) is 0 Å². The Morgan fingerprint density at radius 2 is 2.00 bits per heavy atom. The Kier molecular flexibility index (Phi) is 3.96. The second kappa shape index (κ2) is 4.63. The van der Waals surface area contributed by atoms with Crippen LogP contribution in [0.5, 0.6) is 0 Å². The van der Waals surface area contributed by atoms with Crippen LogP contribution >= 0.6 is 0 Å². The molecule has 14 heavy (non-hydrogen) atoms. The Hall–Kier alpha value is -0.0800. The van der Waals surface area contributed by atoms with Crippen molar-refractivity contribution in [3.05, 3.63) is 0 Å². The van der Waals surface area contributed by atoms with E-state index < -0.39 is 0 Å². The molecule has 2 unspecified atom stereocenters. The van der Waals surface area contributed by atoms with Crippen LogP contribution in [0.25, 0.3) is 0 Å². The predicted octanol–water partition coefficient (Wildman–Crippen LogP) is 2.25. The summed E-state index contributed by atoms with van der Waals surface area (Å²) >= 11 is 0. The molecule has 0 aromatic carbocycles. The molecule has 0 aromatic heterocycles. The first-order valence-electron chi connectivity index (χ1n) is 5.95. The Morgan fingerprint density at radius 3 is 2.43 bits per heavy atom. The summed E-state index contributed by atoms with van der Waals surface area (Å²) in [6, 6.07) is 1.46. The maximum Gasteiger partial charge on any atom is 0.0127 e. The van der Waals surface area contributed by atoms with E-state index in [9.17, 15) is 0 Å². The first-order chi connectivity index (χ1) is 6.45. The van der Waals surface area contributed by atoms with E-state index in [1.54, 1.807) is 0 Å². The van der Waals surface area contributed by atoms with Crippen molar-refractivity contribution in [1.29, 1.82) is 0 Å². The summed E-state index contributed by atoms with van der Waals surface area (Å²) < 4.78 is 0. The number of hydrogen-bond acceptors (Lipinski definition) is 2. The minimum absolute atomic E-state index is 0.316. The van der Waals surface area contributed by atoms with Crippen molar-refractivity contribution < 1.29 is 0 Å². The molecule has 0 amide bonds. The highest BCUT2D eigenvalue weighted by molar-refractivity contribution is 4.87. The number of hydrogen-bond donors (Lipinski definition) is 1. The van der Waals surface area contributed by atoms with Gasteiger partial charge in [0.1, 0.15) is 0 Å². The molecule has 84 valence electrons. The maximum absolute atomic E-state index is 3.52. The molecular weight excluding hydrogens is 172 g/mol. The minimum atomic E-state index is 0.316. The largest absolute Gasteiger partial charge is 0.314 e. The molecule has 1 heterocycles. The van der Waals surface area contributed by atoms with Gasteiger partial charge in [-0.2, -0.15) is 0 Å². The molecule has 0 aromatic rings. The average molecular weight is 198 g/mol. The van der Waals surface area contributed by atoms with E-state index in [0.29, 0.717) is 11.6 Å². The zero-order valence-corrected chi connectivity index (χ0v) is 10.4. The van der Waals surface area contributed by atoms with Crippen molar-refractivity contribution in [3.8, 4) is 0 Å². The summed E-state index contributed by atoms with van der Waals surface area (Å²) in [5, 5.41) is 3.52. The van der Waals surface area contributed by atoms with Crippen LogP contribution in [-0.2, 0) is 0 Å². The fourth-order valence-corrected chi connectivity index (χ4v) is 2.67. The lowest BCUT2D eigenvalue weighted by Crippen LogP contribution is -2.53. The van der Waals surface area contributed by atoms with Crippen LogP contribution in [0.15, 0.2) is 0 Å². The lowest BCUT2D eigenvalue weighted by Gasteiger charge is -2.44. The Balaban J connectivity index is 2.60. The predicted molar refractivity (Wildman–Crippen MR) is 62.6 cm³/mol. The highest BCUT2D eigenvalue weighted by Gasteiger charge is 2.30. The van der Waals surface area contributed by atoms with Crippen molar-refractivity contribution in [2.24, 2.45) is 0 Å². The second-order valence-electron chi connectivity index (χ2n) is 5.49. The molecule has 2 heteroatoms. The second-order valence-corrected chi connectivity index (χ2v) is 5.49. The number of nitrogens with one attached hydrogen (secondary N) is 1. The monoisotopic (exact) mass is 198 g/mol. The van der Waals surface area contributed by atoms with Gasteiger partial charge in [0, 0.05) is 17.6 Å². The van der Waals surface area contributed by atoms with Crippen LogP contribution in [-0.4, -0.2) is 35.6 Å². The van der Waals surface area contributed by atoms with E-state index in [-0.39, 0.29) is 0 Å². The zero-order chi connectivity index (χ0) is 10.8. The van der Waals surface area contributed by atoms with E-state index in [1.807, 2.05) is 0 Å². The van der Waals surface area contributed by atoms with Gasteiger partial charge in [-0.15, -0.1) is 0 Å². The van der Waals surface area contributed by atoms with Crippen LogP contribution in [0.2, 0.25) is 0 Å². The van der Waals surface area contributed by atoms with Gasteiger partial charge in [0.05, 0.1) is 0 Å². The summed E-state index contributed by atoms with van der Waals surface area (Å²) in [5.74, 6) is 0. The van der Waals surface area contributed by atoms with Crippen molar-refractivity contribution >= 4 is 0 Å². The molecule has 1 aliphatic rings. The molecule has 0 radical (unpaired) electrons. The van der Waals surface area contributed by atoms with E-state index in [2.05, 4.69) is 44.8 Å². The van der Waals surface area contributed by atoms with Gasteiger partial charge in [-0.3, -0.25) is 4.90 Å². The molecule has 0 aliphatic carbocycles. The molecule has 0 bridgehead atoms. The first-order valence-corrected chi connectivity index (χ1v) is 5.95. The third-order valence-corrected chi connectivity index (χ3v) is 3.24. The molecule has 2 nitrogen and oxygen atoms in total. The normalized spacial score (nSPS) is 29.6. The molecule has 1 rings (SSSR count). The smallest absolute Gasteiger partial charge is 0.0127 e. The van der Waals surface area contributed by atoms with Crippen molar-refractivity contribution in [2.75, 3.05) is 13.1 Å². The van der Waals surface area contributed by atoms with Gasteiger partial charge < -0.3 is 5.32 Å². The lowest BCUT2D eigenvalue weighted by atomic mass is 9.94. The van der Waals surface area contributed by atoms with Gasteiger partial charge in [-0.05, 0) is 53.6 Å². The fraction of sp³-hybridized carbons (Fsp3) is 1.00. The van der Waals surface area contributed by atoms with Crippen molar-refractivity contribution in [3.63, 3.8) is 0 Å². The van der Waals surface area contributed by atoms with Crippen LogP contribution in [0.4, 0.5) is 0 Å². The summed E-state index contributed by atoms with van der Waals surface area (Å²) in [6.07, 6.45) is 2.60. The highest BCUT2D eigenvalue weighted by Crippen LogP contribution is 2.23. The van der Waals surface area contributed by atoms with Crippen LogP contribution in [0.3, 0.4) is 0 Å². The van der Waals surface area contributed by atoms with Crippen LogP contribution in [0, 0.1) is 0 Å². The summed E-state index contributed by atoms with van der Waals surface area (Å²) in [7, 11) is 0. The van der Waals surface area contributed by atoms with Gasteiger partial charge in [0.25, 0.3) is 0 Å². The molecule has 1 fully saturated rings. The minimum Gasteiger partial charge on any atom is -0.314 e. The summed E-state index contributed by atoms with van der Waals surface area (Å²) in [4.78, 5) is 2.64. The molecule has 1 N–H and O–H groups in total. The van der Waals surface area contributed by atoms with Gasteiger partial charge >= 0.3 is 0 Å². The molecule has 1 saturated heterocycles. The first kappa shape index (κ1) is 12.0. The molecule has 1 aliphatic heterocycles. The number of rotatable bonds is 2. The van der Waals surface area contributed by atoms with Crippen LogP contribution < -0.4 is 5.32 Å². The van der Waals surface area contributed by atoms with Gasteiger partial charge in [0.2, 0.25) is 0 Å². The molecule has 0 saturated carbocycles. The molecule has 0 spiro atoms. The quantitative estimate of drug-likeness (QED) is 0.732. The Labute approximate surface area is 89.1 Å². The topological polar surface area (TPSA) is 15.3 Å². The molecular formula is C12H26N2. The lowest BCUT2D eigenvalue weighted by molar-refractivity contribution is 0.0622. The highest BCUT2D eigenvalue weighted by atomic mass is 15.2. The van der Waals surface area contributed by atoms with Gasteiger partial charge in [-0.1, -0.05) is 6.92 Å². The summed E-state index contributed by atoms with van der Waals surface area (Å²) in [5.41, 5.74) is 0.316.